The van der Waals surface area contributed by atoms with Crippen molar-refractivity contribution in [1.82, 2.24) is 5.32 Å². The topological polar surface area (TPSA) is 120 Å². The maximum Gasteiger partial charge on any atom is 0.245 e. The normalized spacial score (nSPS) is 12.0. The van der Waals surface area contributed by atoms with Crippen LogP contribution >= 0.6 is 0 Å². The number of rotatable bonds is 24. The van der Waals surface area contributed by atoms with E-state index < -0.39 is 6.61 Å². The van der Waals surface area contributed by atoms with Crippen molar-refractivity contribution in [1.29, 1.82) is 0 Å². The molecule has 2 N–H and O–H groups in total. The smallest absolute Gasteiger partial charge is 0.245 e. The van der Waals surface area contributed by atoms with Gasteiger partial charge in [-0.1, -0.05) is 20.3 Å². The Labute approximate surface area is 192 Å². The molecule has 0 aromatic heterocycles. The first kappa shape index (κ1) is 30.6. The third kappa shape index (κ3) is 19.3. The van der Waals surface area contributed by atoms with E-state index in [4.69, 9.17) is 24.1 Å². The van der Waals surface area contributed by atoms with E-state index in [0.717, 1.165) is 32.1 Å². The minimum Gasteiger partial charge on any atom is -0.389 e. The predicted molar refractivity (Wildman–Crippen MR) is 121 cm³/mol. The van der Waals surface area contributed by atoms with Gasteiger partial charge >= 0.3 is 0 Å². The molecule has 1 atom stereocenters. The van der Waals surface area contributed by atoms with Gasteiger partial charge in [0.2, 0.25) is 5.91 Å². The molecular weight excluding hydrogens is 418 g/mol. The lowest BCUT2D eigenvalue weighted by Crippen LogP contribution is -2.29. The minimum atomic E-state index is -0.404. The molecule has 0 rings (SSSR count). The van der Waals surface area contributed by atoms with Crippen LogP contribution in [0.3, 0.4) is 0 Å². The van der Waals surface area contributed by atoms with Gasteiger partial charge in [-0.3, -0.25) is 14.4 Å². The van der Waals surface area contributed by atoms with Crippen LogP contribution in [0.2, 0.25) is 0 Å². The average Bonchev–Trinajstić information content (AvgIpc) is 2.79. The summed E-state index contributed by atoms with van der Waals surface area (Å²) in [6.07, 6.45) is 5.05. The summed E-state index contributed by atoms with van der Waals surface area (Å²) in [5.41, 5.74) is 0. The number of ketones is 2. The number of unbranched alkanes of at least 4 members (excludes halogenated alkanes) is 1. The van der Waals surface area contributed by atoms with E-state index in [9.17, 15) is 14.4 Å². The fraction of sp³-hybridized carbons (Fsp3) is 0.870. The van der Waals surface area contributed by atoms with Gasteiger partial charge in [-0.15, -0.1) is 0 Å². The first-order valence-corrected chi connectivity index (χ1v) is 11.8. The summed E-state index contributed by atoms with van der Waals surface area (Å²) in [4.78, 5) is 34.8. The average molecular weight is 462 g/mol. The van der Waals surface area contributed by atoms with Gasteiger partial charge in [0.05, 0.1) is 26.4 Å². The Balaban J connectivity index is 3.42. The molecule has 0 spiro atoms. The molecule has 0 aliphatic rings. The number of hydrogen-bond acceptors (Lipinski definition) is 8. The molecule has 0 fully saturated rings. The number of aliphatic hydroxyl groups excluding tert-OH is 1. The summed E-state index contributed by atoms with van der Waals surface area (Å²) in [6, 6.07) is 0. The molecule has 0 saturated heterocycles. The summed E-state index contributed by atoms with van der Waals surface area (Å²) in [5.74, 6) is -0.353. The van der Waals surface area contributed by atoms with E-state index in [2.05, 4.69) is 5.32 Å². The SMILES string of the molecule is CCCOCCOCC(=O)CCCOCCOCC(=O)NCCCC[C@H](CC)C(=O)CO. The van der Waals surface area contributed by atoms with Gasteiger partial charge in [-0.2, -0.15) is 0 Å². The van der Waals surface area contributed by atoms with Crippen LogP contribution in [-0.4, -0.2) is 88.6 Å². The first-order chi connectivity index (χ1) is 15.5. The monoisotopic (exact) mass is 461 g/mol. The lowest BCUT2D eigenvalue weighted by atomic mass is 9.95. The Hall–Kier alpha value is -1.39. The zero-order chi connectivity index (χ0) is 23.9. The van der Waals surface area contributed by atoms with Crippen molar-refractivity contribution in [2.45, 2.75) is 58.8 Å². The highest BCUT2D eigenvalue weighted by Gasteiger charge is 2.14. The van der Waals surface area contributed by atoms with Gasteiger partial charge < -0.3 is 29.4 Å². The number of ether oxygens (including phenoxy) is 4. The molecule has 0 heterocycles. The van der Waals surface area contributed by atoms with Crippen molar-refractivity contribution in [2.24, 2.45) is 5.92 Å². The lowest BCUT2D eigenvalue weighted by molar-refractivity contribution is -0.127. The van der Waals surface area contributed by atoms with Crippen molar-refractivity contribution in [3.63, 3.8) is 0 Å². The van der Waals surface area contributed by atoms with Crippen LogP contribution in [-0.2, 0) is 33.3 Å². The number of carbonyl (C=O) groups is 3. The van der Waals surface area contributed by atoms with Gasteiger partial charge in [-0.25, -0.2) is 0 Å². The van der Waals surface area contributed by atoms with E-state index in [1.54, 1.807) is 0 Å². The van der Waals surface area contributed by atoms with Crippen LogP contribution in [0.1, 0.15) is 58.8 Å². The molecule has 0 aliphatic carbocycles. The highest BCUT2D eigenvalue weighted by molar-refractivity contribution is 5.81. The number of aliphatic hydroxyl groups is 1. The van der Waals surface area contributed by atoms with E-state index in [1.165, 1.54) is 0 Å². The Bertz CT molecular complexity index is 487. The molecule has 9 heteroatoms. The molecule has 0 aliphatic heterocycles. The predicted octanol–water partition coefficient (Wildman–Crippen LogP) is 1.69. The maximum atomic E-state index is 11.7. The number of nitrogens with one attached hydrogen (secondary N) is 1. The Morgan fingerprint density at radius 1 is 0.812 bits per heavy atom. The number of carbonyl (C=O) groups excluding carboxylic acids is 3. The molecule has 0 radical (unpaired) electrons. The fourth-order valence-electron chi connectivity index (χ4n) is 2.90. The van der Waals surface area contributed by atoms with Crippen molar-refractivity contribution >= 4 is 17.5 Å². The van der Waals surface area contributed by atoms with E-state index in [-0.39, 0.29) is 36.6 Å². The van der Waals surface area contributed by atoms with E-state index >= 15 is 0 Å². The second-order valence-electron chi connectivity index (χ2n) is 7.55. The van der Waals surface area contributed by atoms with E-state index in [1.807, 2.05) is 13.8 Å². The maximum absolute atomic E-state index is 11.7. The van der Waals surface area contributed by atoms with Gasteiger partial charge in [0.25, 0.3) is 0 Å². The van der Waals surface area contributed by atoms with Crippen LogP contribution in [0.15, 0.2) is 0 Å². The van der Waals surface area contributed by atoms with Crippen molar-refractivity contribution in [3.8, 4) is 0 Å². The zero-order valence-electron chi connectivity index (χ0n) is 19.9. The largest absolute Gasteiger partial charge is 0.389 e. The highest BCUT2D eigenvalue weighted by atomic mass is 16.5. The summed E-state index contributed by atoms with van der Waals surface area (Å²) >= 11 is 0. The van der Waals surface area contributed by atoms with Crippen LogP contribution in [0.4, 0.5) is 0 Å². The molecule has 9 nitrogen and oxygen atoms in total. The quantitative estimate of drug-likeness (QED) is 0.208. The molecule has 0 unspecified atom stereocenters. The molecule has 188 valence electrons. The zero-order valence-corrected chi connectivity index (χ0v) is 19.9. The summed E-state index contributed by atoms with van der Waals surface area (Å²) in [6.45, 7) is 6.96. The van der Waals surface area contributed by atoms with Gasteiger partial charge in [0.1, 0.15) is 19.8 Å². The fourth-order valence-corrected chi connectivity index (χ4v) is 2.90. The van der Waals surface area contributed by atoms with Gasteiger partial charge in [-0.05, 0) is 32.1 Å². The summed E-state index contributed by atoms with van der Waals surface area (Å²) in [7, 11) is 0. The molecular formula is C23H43NO8. The molecule has 0 aromatic rings. The molecule has 32 heavy (non-hydrogen) atoms. The molecule has 0 aromatic carbocycles. The minimum absolute atomic E-state index is 0.0261. The van der Waals surface area contributed by atoms with Crippen LogP contribution in [0.5, 0.6) is 0 Å². The van der Waals surface area contributed by atoms with E-state index in [0.29, 0.717) is 59.0 Å². The Kier molecular flexibility index (Phi) is 21.8. The molecule has 0 saturated carbocycles. The van der Waals surface area contributed by atoms with Crippen LogP contribution < -0.4 is 5.32 Å². The van der Waals surface area contributed by atoms with Gasteiger partial charge in [0, 0.05) is 32.1 Å². The third-order valence-electron chi connectivity index (χ3n) is 4.74. The van der Waals surface area contributed by atoms with Gasteiger partial charge in [0.15, 0.2) is 11.6 Å². The van der Waals surface area contributed by atoms with Crippen LogP contribution in [0, 0.1) is 5.92 Å². The third-order valence-corrected chi connectivity index (χ3v) is 4.74. The number of hydrogen-bond donors (Lipinski definition) is 2. The summed E-state index contributed by atoms with van der Waals surface area (Å²) < 4.78 is 21.2. The van der Waals surface area contributed by atoms with Crippen LogP contribution in [0.25, 0.3) is 0 Å². The summed E-state index contributed by atoms with van der Waals surface area (Å²) in [5, 5.41) is 11.7. The second kappa shape index (κ2) is 22.8. The lowest BCUT2D eigenvalue weighted by Gasteiger charge is -2.12. The van der Waals surface area contributed by atoms with Crippen molar-refractivity contribution in [2.75, 3.05) is 66.0 Å². The molecule has 1 amide bonds. The number of amides is 1. The Morgan fingerprint density at radius 2 is 1.47 bits per heavy atom. The molecule has 0 bridgehead atoms. The first-order valence-electron chi connectivity index (χ1n) is 11.8. The highest BCUT2D eigenvalue weighted by Crippen LogP contribution is 2.13. The van der Waals surface area contributed by atoms with Crippen molar-refractivity contribution in [3.05, 3.63) is 0 Å². The Morgan fingerprint density at radius 3 is 2.12 bits per heavy atom. The number of Topliss-reactive ketones (excluding diaryl/α,β-unsaturated/α-hetero) is 2. The van der Waals surface area contributed by atoms with Crippen molar-refractivity contribution < 1.29 is 38.4 Å². The standard InChI is InChI=1S/C23H43NO8/c1-3-11-29-13-15-31-18-21(26)9-7-12-30-14-16-32-19-23(28)24-10-6-5-8-20(4-2)22(27)17-25/h20,25H,3-19H2,1-2H3,(H,24,28)/t20-/m0/s1. The second-order valence-corrected chi connectivity index (χ2v) is 7.55.